The van der Waals surface area contributed by atoms with E-state index in [1.165, 1.54) is 18.9 Å². The SMILES string of the molecule is CC1CCN(CC(N)c2ccc(F)c(F)c2)C(C)C1. The molecule has 0 bridgehead atoms. The lowest BCUT2D eigenvalue weighted by molar-refractivity contribution is 0.122. The molecule has 1 aromatic carbocycles. The number of rotatable bonds is 3. The maximum atomic E-state index is 13.2. The molecule has 3 unspecified atom stereocenters. The van der Waals surface area contributed by atoms with Crippen LogP contribution in [0.5, 0.6) is 0 Å². The maximum Gasteiger partial charge on any atom is 0.159 e. The summed E-state index contributed by atoms with van der Waals surface area (Å²) in [5.41, 5.74) is 6.77. The number of halogens is 2. The van der Waals surface area contributed by atoms with Crippen LogP contribution in [-0.4, -0.2) is 24.0 Å². The molecule has 0 amide bonds. The Kier molecular flexibility index (Phi) is 4.53. The molecule has 1 saturated heterocycles. The summed E-state index contributed by atoms with van der Waals surface area (Å²) in [5, 5.41) is 0. The minimum Gasteiger partial charge on any atom is -0.323 e. The molecule has 19 heavy (non-hydrogen) atoms. The van der Waals surface area contributed by atoms with E-state index in [0.29, 0.717) is 18.2 Å². The molecule has 0 aliphatic carbocycles. The number of nitrogens with two attached hydrogens (primary N) is 1. The quantitative estimate of drug-likeness (QED) is 0.912. The van der Waals surface area contributed by atoms with Crippen LogP contribution in [0.3, 0.4) is 0 Å². The van der Waals surface area contributed by atoms with E-state index < -0.39 is 11.6 Å². The predicted octanol–water partition coefficient (Wildman–Crippen LogP) is 3.09. The summed E-state index contributed by atoms with van der Waals surface area (Å²) >= 11 is 0. The third-order valence-electron chi connectivity index (χ3n) is 4.08. The molecule has 1 heterocycles. The Bertz CT molecular complexity index is 436. The van der Waals surface area contributed by atoms with Crippen molar-refractivity contribution < 1.29 is 8.78 Å². The Morgan fingerprint density at radius 1 is 1.32 bits per heavy atom. The Hall–Kier alpha value is -1.00. The third kappa shape index (κ3) is 3.51. The molecule has 0 radical (unpaired) electrons. The highest BCUT2D eigenvalue weighted by Crippen LogP contribution is 2.24. The van der Waals surface area contributed by atoms with Crippen molar-refractivity contribution in [3.05, 3.63) is 35.4 Å². The van der Waals surface area contributed by atoms with Crippen LogP contribution in [-0.2, 0) is 0 Å². The van der Waals surface area contributed by atoms with Gasteiger partial charge in [-0.15, -0.1) is 0 Å². The highest BCUT2D eigenvalue weighted by molar-refractivity contribution is 5.21. The van der Waals surface area contributed by atoms with Gasteiger partial charge in [-0.05, 0) is 49.9 Å². The van der Waals surface area contributed by atoms with Crippen molar-refractivity contribution in [2.45, 2.75) is 38.8 Å². The lowest BCUT2D eigenvalue weighted by Gasteiger charge is -2.37. The standard InChI is InChI=1S/C15H22F2N2/c1-10-5-6-19(11(2)7-10)9-15(18)12-3-4-13(16)14(17)8-12/h3-4,8,10-11,15H,5-7,9,18H2,1-2H3. The van der Waals surface area contributed by atoms with Crippen LogP contribution in [0, 0.1) is 17.6 Å². The first-order chi connectivity index (χ1) is 8.97. The zero-order valence-electron chi connectivity index (χ0n) is 11.6. The van der Waals surface area contributed by atoms with Crippen molar-refractivity contribution in [1.82, 2.24) is 4.90 Å². The number of piperidine rings is 1. The first-order valence-corrected chi connectivity index (χ1v) is 6.92. The van der Waals surface area contributed by atoms with Gasteiger partial charge in [-0.2, -0.15) is 0 Å². The molecule has 0 spiro atoms. The van der Waals surface area contributed by atoms with E-state index in [-0.39, 0.29) is 6.04 Å². The molecule has 2 nitrogen and oxygen atoms in total. The number of hydrogen-bond acceptors (Lipinski definition) is 2. The van der Waals surface area contributed by atoms with E-state index in [2.05, 4.69) is 18.7 Å². The third-order valence-corrected chi connectivity index (χ3v) is 4.08. The molecule has 106 valence electrons. The van der Waals surface area contributed by atoms with Gasteiger partial charge >= 0.3 is 0 Å². The molecule has 1 aliphatic rings. The van der Waals surface area contributed by atoms with Gasteiger partial charge in [0.05, 0.1) is 0 Å². The summed E-state index contributed by atoms with van der Waals surface area (Å²) < 4.78 is 26.1. The first kappa shape index (κ1) is 14.4. The number of nitrogens with zero attached hydrogens (tertiary/aromatic N) is 1. The Morgan fingerprint density at radius 2 is 2.05 bits per heavy atom. The van der Waals surface area contributed by atoms with Gasteiger partial charge in [0.25, 0.3) is 0 Å². The van der Waals surface area contributed by atoms with Gasteiger partial charge < -0.3 is 5.73 Å². The average Bonchev–Trinajstić information content (AvgIpc) is 2.36. The molecule has 1 aliphatic heterocycles. The van der Waals surface area contributed by atoms with Crippen molar-refractivity contribution in [1.29, 1.82) is 0 Å². The van der Waals surface area contributed by atoms with Crippen molar-refractivity contribution in [3.8, 4) is 0 Å². The minimum atomic E-state index is -0.826. The highest BCUT2D eigenvalue weighted by Gasteiger charge is 2.24. The van der Waals surface area contributed by atoms with Crippen LogP contribution in [0.4, 0.5) is 8.78 Å². The van der Waals surface area contributed by atoms with Gasteiger partial charge in [0.15, 0.2) is 11.6 Å². The Morgan fingerprint density at radius 3 is 2.68 bits per heavy atom. The van der Waals surface area contributed by atoms with Crippen LogP contribution in [0.1, 0.15) is 38.3 Å². The van der Waals surface area contributed by atoms with Gasteiger partial charge in [0, 0.05) is 18.6 Å². The second kappa shape index (κ2) is 5.97. The fraction of sp³-hybridized carbons (Fsp3) is 0.600. The minimum absolute atomic E-state index is 0.272. The van der Waals surface area contributed by atoms with Crippen molar-refractivity contribution in [3.63, 3.8) is 0 Å². The summed E-state index contributed by atoms with van der Waals surface area (Å²) in [7, 11) is 0. The van der Waals surface area contributed by atoms with E-state index in [9.17, 15) is 8.78 Å². The smallest absolute Gasteiger partial charge is 0.159 e. The molecule has 4 heteroatoms. The molecule has 2 rings (SSSR count). The van der Waals surface area contributed by atoms with Gasteiger partial charge in [-0.1, -0.05) is 13.0 Å². The number of benzene rings is 1. The van der Waals surface area contributed by atoms with E-state index in [0.717, 1.165) is 18.5 Å². The summed E-state index contributed by atoms with van der Waals surface area (Å²) in [6.45, 7) is 6.19. The molecule has 1 fully saturated rings. The Balaban J connectivity index is 2.00. The monoisotopic (exact) mass is 268 g/mol. The molecular formula is C15H22F2N2. The Labute approximate surface area is 113 Å². The first-order valence-electron chi connectivity index (χ1n) is 6.92. The van der Waals surface area contributed by atoms with Gasteiger partial charge in [-0.25, -0.2) is 8.78 Å². The van der Waals surface area contributed by atoms with E-state index >= 15 is 0 Å². The van der Waals surface area contributed by atoms with Crippen LogP contribution in [0.15, 0.2) is 18.2 Å². The van der Waals surface area contributed by atoms with Crippen LogP contribution < -0.4 is 5.73 Å². The van der Waals surface area contributed by atoms with Crippen LogP contribution in [0.25, 0.3) is 0 Å². The maximum absolute atomic E-state index is 13.2. The van der Waals surface area contributed by atoms with Crippen LogP contribution in [0.2, 0.25) is 0 Å². The van der Waals surface area contributed by atoms with Gasteiger partial charge in [0.2, 0.25) is 0 Å². The average molecular weight is 268 g/mol. The molecule has 0 saturated carbocycles. The van der Waals surface area contributed by atoms with Crippen LogP contribution >= 0.6 is 0 Å². The zero-order chi connectivity index (χ0) is 14.0. The summed E-state index contributed by atoms with van der Waals surface area (Å²) in [5.74, 6) is -0.893. The van der Waals surface area contributed by atoms with E-state index in [1.54, 1.807) is 6.07 Å². The summed E-state index contributed by atoms with van der Waals surface area (Å²) in [4.78, 5) is 2.34. The zero-order valence-corrected chi connectivity index (χ0v) is 11.6. The molecule has 1 aromatic rings. The lowest BCUT2D eigenvalue weighted by atomic mass is 9.92. The number of hydrogen-bond donors (Lipinski definition) is 1. The number of likely N-dealkylation sites (tertiary alicyclic amines) is 1. The van der Waals surface area contributed by atoms with Crippen molar-refractivity contribution >= 4 is 0 Å². The van der Waals surface area contributed by atoms with Gasteiger partial charge in [0.1, 0.15) is 0 Å². The normalized spacial score (nSPS) is 26.4. The van der Waals surface area contributed by atoms with Crippen molar-refractivity contribution in [2.24, 2.45) is 11.7 Å². The largest absolute Gasteiger partial charge is 0.323 e. The fourth-order valence-electron chi connectivity index (χ4n) is 2.83. The predicted molar refractivity (Wildman–Crippen MR) is 72.7 cm³/mol. The van der Waals surface area contributed by atoms with Gasteiger partial charge in [-0.3, -0.25) is 4.90 Å². The molecule has 0 aromatic heterocycles. The second-order valence-corrected chi connectivity index (χ2v) is 5.75. The lowest BCUT2D eigenvalue weighted by Crippen LogP contribution is -2.43. The van der Waals surface area contributed by atoms with Crippen molar-refractivity contribution in [2.75, 3.05) is 13.1 Å². The summed E-state index contributed by atoms with van der Waals surface area (Å²) in [6, 6.07) is 4.15. The second-order valence-electron chi connectivity index (χ2n) is 5.75. The van der Waals surface area contributed by atoms with E-state index in [4.69, 9.17) is 5.73 Å². The fourth-order valence-corrected chi connectivity index (χ4v) is 2.83. The topological polar surface area (TPSA) is 29.3 Å². The molecule has 3 atom stereocenters. The molecular weight excluding hydrogens is 246 g/mol. The van der Waals surface area contributed by atoms with E-state index in [1.807, 2.05) is 0 Å². The highest BCUT2D eigenvalue weighted by atomic mass is 19.2. The summed E-state index contributed by atoms with van der Waals surface area (Å²) in [6.07, 6.45) is 2.35. The molecule has 2 N–H and O–H groups in total.